The topological polar surface area (TPSA) is 47.6 Å². The van der Waals surface area contributed by atoms with Crippen LogP contribution in [0, 0.1) is 6.92 Å². The van der Waals surface area contributed by atoms with Crippen LogP contribution in [0.1, 0.15) is 53.4 Å². The van der Waals surface area contributed by atoms with E-state index in [2.05, 4.69) is 11.4 Å². The highest BCUT2D eigenvalue weighted by Gasteiger charge is 2.34. The third-order valence-corrected chi connectivity index (χ3v) is 5.75. The van der Waals surface area contributed by atoms with Gasteiger partial charge in [-0.05, 0) is 51.1 Å². The van der Waals surface area contributed by atoms with Gasteiger partial charge in [-0.3, -0.25) is 4.79 Å². The van der Waals surface area contributed by atoms with Gasteiger partial charge in [0, 0.05) is 28.1 Å². The molecule has 0 aliphatic carbocycles. The van der Waals surface area contributed by atoms with Crippen molar-refractivity contribution >= 4 is 17.5 Å². The van der Waals surface area contributed by atoms with E-state index in [4.69, 9.17) is 21.1 Å². The van der Waals surface area contributed by atoms with Crippen molar-refractivity contribution in [3.8, 4) is 11.5 Å². The zero-order valence-corrected chi connectivity index (χ0v) is 18.7. The minimum atomic E-state index is -0.361. The molecule has 31 heavy (non-hydrogen) atoms. The van der Waals surface area contributed by atoms with Crippen LogP contribution in [0.4, 0.5) is 0 Å². The number of nitrogens with one attached hydrogen (secondary N) is 1. The SMILES string of the molecule is Cc1ccc2c(c1)[C@H](NC(=O)c1cccc(OCc3ccccc3Cl)c1)CC(C)(C)O2. The lowest BCUT2D eigenvalue weighted by atomic mass is 9.88. The predicted molar refractivity (Wildman–Crippen MR) is 123 cm³/mol. The number of hydrogen-bond acceptors (Lipinski definition) is 3. The van der Waals surface area contributed by atoms with E-state index >= 15 is 0 Å². The second-order valence-electron chi connectivity index (χ2n) is 8.54. The summed E-state index contributed by atoms with van der Waals surface area (Å²) >= 11 is 6.20. The highest BCUT2D eigenvalue weighted by atomic mass is 35.5. The Kier molecular flexibility index (Phi) is 5.92. The molecule has 1 aliphatic rings. The smallest absolute Gasteiger partial charge is 0.251 e. The van der Waals surface area contributed by atoms with Gasteiger partial charge >= 0.3 is 0 Å². The molecule has 0 saturated carbocycles. The molecule has 3 aromatic rings. The number of ether oxygens (including phenoxy) is 2. The van der Waals surface area contributed by atoms with E-state index in [1.165, 1.54) is 0 Å². The maximum Gasteiger partial charge on any atom is 0.251 e. The molecule has 4 rings (SSSR count). The number of amides is 1. The van der Waals surface area contributed by atoms with Crippen molar-refractivity contribution in [1.82, 2.24) is 5.32 Å². The van der Waals surface area contributed by atoms with Crippen molar-refractivity contribution in [2.75, 3.05) is 0 Å². The molecule has 0 bridgehead atoms. The maximum atomic E-state index is 13.1. The third-order valence-electron chi connectivity index (χ3n) is 5.38. The Bertz CT molecular complexity index is 1110. The van der Waals surface area contributed by atoms with Gasteiger partial charge in [-0.1, -0.05) is 53.6 Å². The summed E-state index contributed by atoms with van der Waals surface area (Å²) in [5.74, 6) is 1.30. The fourth-order valence-corrected chi connectivity index (χ4v) is 4.04. The zero-order valence-electron chi connectivity index (χ0n) is 17.9. The Morgan fingerprint density at radius 1 is 1.13 bits per heavy atom. The summed E-state index contributed by atoms with van der Waals surface area (Å²) in [6.07, 6.45) is 0.692. The maximum absolute atomic E-state index is 13.1. The number of halogens is 1. The molecule has 1 aliphatic heterocycles. The molecule has 0 aromatic heterocycles. The molecular weight excluding hydrogens is 410 g/mol. The molecule has 1 amide bonds. The quantitative estimate of drug-likeness (QED) is 0.514. The van der Waals surface area contributed by atoms with Crippen molar-refractivity contribution < 1.29 is 14.3 Å². The molecule has 3 aromatic carbocycles. The van der Waals surface area contributed by atoms with Crippen molar-refractivity contribution in [1.29, 1.82) is 0 Å². The van der Waals surface area contributed by atoms with Crippen LogP contribution in [0.15, 0.2) is 66.7 Å². The van der Waals surface area contributed by atoms with Crippen molar-refractivity contribution in [2.45, 2.75) is 45.4 Å². The average molecular weight is 436 g/mol. The molecule has 1 N–H and O–H groups in total. The monoisotopic (exact) mass is 435 g/mol. The minimum Gasteiger partial charge on any atom is -0.489 e. The first-order chi connectivity index (χ1) is 14.8. The van der Waals surface area contributed by atoms with E-state index in [0.717, 1.165) is 22.4 Å². The van der Waals surface area contributed by atoms with E-state index in [9.17, 15) is 4.79 Å². The number of carbonyl (C=O) groups is 1. The lowest BCUT2D eigenvalue weighted by Gasteiger charge is -2.38. The summed E-state index contributed by atoms with van der Waals surface area (Å²) < 4.78 is 12.0. The molecular formula is C26H26ClNO3. The van der Waals surface area contributed by atoms with Crippen LogP contribution in [0.2, 0.25) is 5.02 Å². The van der Waals surface area contributed by atoms with Gasteiger partial charge in [0.15, 0.2) is 0 Å². The lowest BCUT2D eigenvalue weighted by Crippen LogP contribution is -2.41. The van der Waals surface area contributed by atoms with Gasteiger partial charge in [-0.15, -0.1) is 0 Å². The Hall–Kier alpha value is -2.98. The second-order valence-corrected chi connectivity index (χ2v) is 8.95. The third kappa shape index (κ3) is 5.02. The van der Waals surface area contributed by atoms with Gasteiger partial charge in [0.1, 0.15) is 23.7 Å². The summed E-state index contributed by atoms with van der Waals surface area (Å²) in [6.45, 7) is 6.46. The van der Waals surface area contributed by atoms with Crippen molar-refractivity contribution in [3.05, 3.63) is 94.0 Å². The number of aryl methyl sites for hydroxylation is 1. The van der Waals surface area contributed by atoms with Gasteiger partial charge in [-0.25, -0.2) is 0 Å². The van der Waals surface area contributed by atoms with Gasteiger partial charge in [0.25, 0.3) is 5.91 Å². The van der Waals surface area contributed by atoms with Crippen LogP contribution < -0.4 is 14.8 Å². The molecule has 0 unspecified atom stereocenters. The van der Waals surface area contributed by atoms with E-state index < -0.39 is 0 Å². The average Bonchev–Trinajstić information content (AvgIpc) is 2.73. The van der Waals surface area contributed by atoms with Crippen LogP contribution in [-0.2, 0) is 6.61 Å². The molecule has 1 atom stereocenters. The number of carbonyl (C=O) groups excluding carboxylic acids is 1. The molecule has 0 spiro atoms. The van der Waals surface area contributed by atoms with Gasteiger partial charge in [0.2, 0.25) is 0 Å². The Balaban J connectivity index is 1.50. The van der Waals surface area contributed by atoms with Crippen LogP contribution in [0.25, 0.3) is 0 Å². The second kappa shape index (κ2) is 8.64. The largest absolute Gasteiger partial charge is 0.489 e. The number of hydrogen-bond donors (Lipinski definition) is 1. The summed E-state index contributed by atoms with van der Waals surface area (Å²) in [5, 5.41) is 3.85. The Morgan fingerprint density at radius 2 is 1.94 bits per heavy atom. The first-order valence-corrected chi connectivity index (χ1v) is 10.8. The van der Waals surface area contributed by atoms with Crippen molar-refractivity contribution in [2.24, 2.45) is 0 Å². The van der Waals surface area contributed by atoms with Crippen LogP contribution in [0.3, 0.4) is 0 Å². The van der Waals surface area contributed by atoms with Gasteiger partial charge in [-0.2, -0.15) is 0 Å². The molecule has 0 radical (unpaired) electrons. The molecule has 0 saturated heterocycles. The van der Waals surface area contributed by atoms with Gasteiger partial charge in [0.05, 0.1) is 6.04 Å². The minimum absolute atomic E-state index is 0.126. The molecule has 1 heterocycles. The first-order valence-electron chi connectivity index (χ1n) is 10.4. The van der Waals surface area contributed by atoms with E-state index in [0.29, 0.717) is 29.4 Å². The number of rotatable bonds is 5. The van der Waals surface area contributed by atoms with Gasteiger partial charge < -0.3 is 14.8 Å². The lowest BCUT2D eigenvalue weighted by molar-refractivity contribution is 0.0619. The predicted octanol–water partition coefficient (Wildman–Crippen LogP) is 6.26. The Labute approximate surface area is 188 Å². The fraction of sp³-hybridized carbons (Fsp3) is 0.269. The van der Waals surface area contributed by atoms with Crippen LogP contribution in [-0.4, -0.2) is 11.5 Å². The summed E-state index contributed by atoms with van der Waals surface area (Å²) in [5.41, 5.74) is 3.24. The highest BCUT2D eigenvalue weighted by molar-refractivity contribution is 6.31. The van der Waals surface area contributed by atoms with E-state index in [1.807, 2.05) is 69.3 Å². The summed E-state index contributed by atoms with van der Waals surface area (Å²) in [6, 6.07) is 20.7. The standard InChI is InChI=1S/C26H26ClNO3/c1-17-11-12-24-21(13-17)23(15-26(2,3)31-24)28-25(29)18-8-6-9-20(14-18)30-16-19-7-4-5-10-22(19)27/h4-14,23H,15-16H2,1-3H3,(H,28,29)/t23-/m1/s1. The summed E-state index contributed by atoms with van der Waals surface area (Å²) in [7, 11) is 0. The fourth-order valence-electron chi connectivity index (χ4n) is 3.85. The van der Waals surface area contributed by atoms with Crippen molar-refractivity contribution in [3.63, 3.8) is 0 Å². The highest BCUT2D eigenvalue weighted by Crippen LogP contribution is 2.40. The first kappa shape index (κ1) is 21.3. The van der Waals surface area contributed by atoms with Crippen LogP contribution in [0.5, 0.6) is 11.5 Å². The normalized spacial score (nSPS) is 16.7. The Morgan fingerprint density at radius 3 is 2.74 bits per heavy atom. The number of fused-ring (bicyclic) bond motifs is 1. The molecule has 160 valence electrons. The van der Waals surface area contributed by atoms with Crippen LogP contribution >= 0.6 is 11.6 Å². The van der Waals surface area contributed by atoms with E-state index in [1.54, 1.807) is 12.1 Å². The van der Waals surface area contributed by atoms with E-state index in [-0.39, 0.29) is 17.6 Å². The number of benzene rings is 3. The summed E-state index contributed by atoms with van der Waals surface area (Å²) in [4.78, 5) is 13.1. The zero-order chi connectivity index (χ0) is 22.0. The molecule has 0 fully saturated rings. The molecule has 5 heteroatoms. The molecule has 4 nitrogen and oxygen atoms in total.